The van der Waals surface area contributed by atoms with Crippen LogP contribution in [0, 0.1) is 0 Å². The van der Waals surface area contributed by atoms with Crippen molar-refractivity contribution in [2.24, 2.45) is 0 Å². The van der Waals surface area contributed by atoms with Crippen molar-refractivity contribution in [2.45, 2.75) is 51.4 Å². The fourth-order valence-electron chi connectivity index (χ4n) is 4.28. The number of halogens is 2. The van der Waals surface area contributed by atoms with Crippen molar-refractivity contribution in [1.82, 2.24) is 19.5 Å². The minimum absolute atomic E-state index is 0.0819. The van der Waals surface area contributed by atoms with Crippen molar-refractivity contribution in [2.75, 3.05) is 7.11 Å². The molecule has 4 rings (SSSR count). The van der Waals surface area contributed by atoms with Crippen LogP contribution in [0.5, 0.6) is 11.5 Å². The van der Waals surface area contributed by atoms with Gasteiger partial charge in [-0.2, -0.15) is 8.78 Å². The van der Waals surface area contributed by atoms with E-state index in [0.717, 1.165) is 12.8 Å². The van der Waals surface area contributed by atoms with Gasteiger partial charge in [0.15, 0.2) is 22.7 Å². The van der Waals surface area contributed by atoms with E-state index in [0.29, 0.717) is 23.5 Å². The van der Waals surface area contributed by atoms with Gasteiger partial charge in [0.1, 0.15) is 5.82 Å². The lowest BCUT2D eigenvalue weighted by molar-refractivity contribution is -0.0512. The van der Waals surface area contributed by atoms with Crippen LogP contribution in [0.3, 0.4) is 0 Å². The van der Waals surface area contributed by atoms with Gasteiger partial charge < -0.3 is 24.1 Å². The van der Waals surface area contributed by atoms with E-state index in [4.69, 9.17) is 4.74 Å². The number of benzene rings is 2. The second kappa shape index (κ2) is 11.3. The Hall–Kier alpha value is -3.79. The molecule has 2 unspecified atom stereocenters. The van der Waals surface area contributed by atoms with E-state index >= 15 is 0 Å². The molecule has 0 bridgehead atoms. The maximum absolute atomic E-state index is 12.7. The van der Waals surface area contributed by atoms with E-state index in [9.17, 15) is 18.7 Å². The third-order valence-electron chi connectivity index (χ3n) is 6.02. The summed E-state index contributed by atoms with van der Waals surface area (Å²) < 4.78 is 36.6. The first-order chi connectivity index (χ1) is 17.4. The Morgan fingerprint density at radius 2 is 1.89 bits per heavy atom. The monoisotopic (exact) mass is 498 g/mol. The van der Waals surface area contributed by atoms with Gasteiger partial charge in [-0.05, 0) is 49.4 Å². The average Bonchev–Trinajstić information content (AvgIpc) is 3.27. The van der Waals surface area contributed by atoms with Gasteiger partial charge in [-0.15, -0.1) is 0 Å². The number of aliphatic hydroxyl groups excluding tert-OH is 1. The summed E-state index contributed by atoms with van der Waals surface area (Å²) in [7, 11) is 1.36. The van der Waals surface area contributed by atoms with E-state index < -0.39 is 18.3 Å². The minimum atomic E-state index is -2.97. The molecular weight excluding hydrogens is 470 g/mol. The molecule has 2 atom stereocenters. The zero-order valence-corrected chi connectivity index (χ0v) is 20.0. The van der Waals surface area contributed by atoms with Crippen molar-refractivity contribution < 1.29 is 23.4 Å². The molecule has 2 aromatic heterocycles. The lowest BCUT2D eigenvalue weighted by Crippen LogP contribution is -2.22. The molecule has 0 aliphatic rings. The molecule has 36 heavy (non-hydrogen) atoms. The molecule has 2 N–H and O–H groups in total. The second-order valence-corrected chi connectivity index (χ2v) is 8.56. The highest BCUT2D eigenvalue weighted by Crippen LogP contribution is 2.30. The first-order valence-electron chi connectivity index (χ1n) is 11.6. The normalized spacial score (nSPS) is 13.2. The first-order valence-corrected chi connectivity index (χ1v) is 11.6. The van der Waals surface area contributed by atoms with Crippen LogP contribution in [-0.2, 0) is 12.8 Å². The summed E-state index contributed by atoms with van der Waals surface area (Å²) in [5.41, 5.74) is 2.06. The Morgan fingerprint density at radius 3 is 2.58 bits per heavy atom. The minimum Gasteiger partial charge on any atom is -0.493 e. The summed E-state index contributed by atoms with van der Waals surface area (Å²) in [5, 5.41) is 10.5. The maximum Gasteiger partial charge on any atom is 0.387 e. The number of hydrogen-bond acceptors (Lipinski definition) is 6. The summed E-state index contributed by atoms with van der Waals surface area (Å²) in [6, 6.07) is 14.3. The quantitative estimate of drug-likeness (QED) is 0.320. The van der Waals surface area contributed by atoms with Gasteiger partial charge in [0, 0.05) is 6.42 Å². The fraction of sp³-hybridized carbons (Fsp3) is 0.346. The lowest BCUT2D eigenvalue weighted by atomic mass is 10.0. The van der Waals surface area contributed by atoms with Crippen LogP contribution in [0.1, 0.15) is 42.8 Å². The third kappa shape index (κ3) is 5.88. The van der Waals surface area contributed by atoms with Crippen LogP contribution in [0.25, 0.3) is 11.2 Å². The van der Waals surface area contributed by atoms with E-state index in [2.05, 4.69) is 31.8 Å². The third-order valence-corrected chi connectivity index (χ3v) is 6.02. The summed E-state index contributed by atoms with van der Waals surface area (Å²) in [6.45, 7) is -1.26. The fourth-order valence-corrected chi connectivity index (χ4v) is 4.28. The summed E-state index contributed by atoms with van der Waals surface area (Å²) in [6.07, 6.45) is 3.44. The number of hydrogen-bond donors (Lipinski definition) is 2. The number of ether oxygens (including phenoxy) is 2. The number of aromatic nitrogens is 4. The Morgan fingerprint density at radius 1 is 1.11 bits per heavy atom. The van der Waals surface area contributed by atoms with Gasteiger partial charge in [-0.1, -0.05) is 36.4 Å². The number of imidazole rings is 1. The molecule has 0 fully saturated rings. The number of aromatic amines is 1. The number of aliphatic hydroxyl groups is 1. The molecule has 10 heteroatoms. The summed E-state index contributed by atoms with van der Waals surface area (Å²) >= 11 is 0. The van der Waals surface area contributed by atoms with Crippen molar-refractivity contribution in [3.8, 4) is 11.5 Å². The largest absolute Gasteiger partial charge is 0.493 e. The van der Waals surface area contributed by atoms with Crippen LogP contribution < -0.4 is 15.0 Å². The van der Waals surface area contributed by atoms with Gasteiger partial charge in [-0.25, -0.2) is 9.97 Å². The predicted octanol–water partition coefficient (Wildman–Crippen LogP) is 4.27. The van der Waals surface area contributed by atoms with Crippen molar-refractivity contribution in [3.05, 3.63) is 82.2 Å². The van der Waals surface area contributed by atoms with Crippen molar-refractivity contribution in [1.29, 1.82) is 0 Å². The molecule has 0 saturated carbocycles. The Bertz CT molecular complexity index is 1360. The smallest absolute Gasteiger partial charge is 0.387 e. The molecule has 2 aromatic carbocycles. The molecule has 0 spiro atoms. The highest BCUT2D eigenvalue weighted by atomic mass is 19.3. The number of methoxy groups -OCH3 is 1. The SMILES string of the molecule is COc1cc(Cc2nc3c(ncn3C(CCCc3ccccc3)C(C)O)c(=O)[nH]2)ccc1OC(F)F. The number of aryl methyl sites for hydroxylation is 1. The Kier molecular flexibility index (Phi) is 7.94. The predicted molar refractivity (Wildman–Crippen MR) is 131 cm³/mol. The Balaban J connectivity index is 1.58. The highest BCUT2D eigenvalue weighted by molar-refractivity contribution is 5.69. The second-order valence-electron chi connectivity index (χ2n) is 8.56. The van der Waals surface area contributed by atoms with Gasteiger partial charge in [0.2, 0.25) is 0 Å². The molecule has 0 saturated heterocycles. The van der Waals surface area contributed by atoms with Crippen LogP contribution in [0.4, 0.5) is 8.78 Å². The number of rotatable bonds is 11. The molecule has 2 heterocycles. The molecule has 0 aliphatic heterocycles. The van der Waals surface area contributed by atoms with Crippen LogP contribution in [0.15, 0.2) is 59.7 Å². The highest BCUT2D eigenvalue weighted by Gasteiger charge is 2.22. The topological polar surface area (TPSA) is 102 Å². The van der Waals surface area contributed by atoms with E-state index in [1.54, 1.807) is 23.6 Å². The van der Waals surface area contributed by atoms with Gasteiger partial charge in [0.05, 0.1) is 25.6 Å². The Labute approximate surface area is 206 Å². The zero-order valence-electron chi connectivity index (χ0n) is 20.0. The molecule has 0 amide bonds. The molecule has 4 aromatic rings. The standard InChI is InChI=1S/C26H28F2N4O4/c1-16(33)19(10-6-9-17-7-4-3-5-8-17)32-15-29-23-24(32)30-22(31-25(23)34)14-18-11-12-20(36-26(27)28)21(13-18)35-2/h3-5,7-8,11-13,15-16,19,26,33H,6,9-10,14H2,1-2H3,(H,30,31,34). The molecule has 0 aliphatic carbocycles. The van der Waals surface area contributed by atoms with Crippen molar-refractivity contribution >= 4 is 11.2 Å². The molecule has 0 radical (unpaired) electrons. The molecule has 190 valence electrons. The van der Waals surface area contributed by atoms with E-state index in [-0.39, 0.29) is 29.5 Å². The summed E-state index contributed by atoms with van der Waals surface area (Å²) in [5.74, 6) is 0.433. The van der Waals surface area contributed by atoms with E-state index in [1.165, 1.54) is 25.1 Å². The zero-order chi connectivity index (χ0) is 25.7. The average molecular weight is 499 g/mol. The number of H-pyrrole nitrogens is 1. The first kappa shape index (κ1) is 25.3. The number of alkyl halides is 2. The van der Waals surface area contributed by atoms with Gasteiger partial charge in [-0.3, -0.25) is 4.79 Å². The lowest BCUT2D eigenvalue weighted by Gasteiger charge is -2.22. The molecular formula is C26H28F2N4O4. The van der Waals surface area contributed by atoms with Crippen molar-refractivity contribution in [3.63, 3.8) is 0 Å². The van der Waals surface area contributed by atoms with Crippen LogP contribution >= 0.6 is 0 Å². The maximum atomic E-state index is 12.7. The van der Waals surface area contributed by atoms with Crippen LogP contribution in [0.2, 0.25) is 0 Å². The van der Waals surface area contributed by atoms with E-state index in [1.807, 2.05) is 18.2 Å². The van der Waals surface area contributed by atoms with Crippen LogP contribution in [-0.4, -0.2) is 44.5 Å². The number of nitrogens with one attached hydrogen (secondary N) is 1. The van der Waals surface area contributed by atoms with Gasteiger partial charge >= 0.3 is 6.61 Å². The summed E-state index contributed by atoms with van der Waals surface area (Å²) in [4.78, 5) is 24.3. The molecule has 8 nitrogen and oxygen atoms in total. The number of fused-ring (bicyclic) bond motifs is 1. The van der Waals surface area contributed by atoms with Gasteiger partial charge in [0.25, 0.3) is 5.56 Å². The number of nitrogens with zero attached hydrogens (tertiary/aromatic N) is 3.